The van der Waals surface area contributed by atoms with Crippen LogP contribution < -0.4 is 4.90 Å². The van der Waals surface area contributed by atoms with Crippen molar-refractivity contribution in [2.24, 2.45) is 0 Å². The van der Waals surface area contributed by atoms with Crippen molar-refractivity contribution in [3.8, 4) is 5.69 Å². The molecule has 1 aliphatic rings. The Morgan fingerprint density at radius 2 is 2.05 bits per heavy atom. The summed E-state index contributed by atoms with van der Waals surface area (Å²) in [6.45, 7) is 0.816. The van der Waals surface area contributed by atoms with Gasteiger partial charge in [-0.05, 0) is 41.8 Å². The average molecular weight is 257 g/mol. The Labute approximate surface area is 111 Å². The van der Waals surface area contributed by atoms with Gasteiger partial charge in [-0.15, -0.1) is 0 Å². The van der Waals surface area contributed by atoms with Gasteiger partial charge in [0.15, 0.2) is 0 Å². The van der Waals surface area contributed by atoms with E-state index in [2.05, 4.69) is 15.5 Å². The Morgan fingerprint density at radius 3 is 2.84 bits per heavy atom. The Kier molecular flexibility index (Phi) is 3.22. The summed E-state index contributed by atoms with van der Waals surface area (Å²) in [4.78, 5) is 13.2. The topological polar surface area (TPSA) is 63.9 Å². The van der Waals surface area contributed by atoms with Gasteiger partial charge in [0, 0.05) is 6.54 Å². The van der Waals surface area contributed by atoms with Crippen LogP contribution in [-0.4, -0.2) is 39.1 Å². The molecule has 1 unspecified atom stereocenters. The average Bonchev–Trinajstić information content (AvgIpc) is 2.97. The quantitative estimate of drug-likeness (QED) is 0.774. The summed E-state index contributed by atoms with van der Waals surface area (Å²) in [5, 5.41) is 11.9. The smallest absolute Gasteiger partial charge is 0.250 e. The maximum absolute atomic E-state index is 11.2. The van der Waals surface area contributed by atoms with Crippen LogP contribution in [0.3, 0.4) is 0 Å². The predicted octanol–water partition coefficient (Wildman–Crippen LogP) is 1.22. The third kappa shape index (κ3) is 2.21. The first-order chi connectivity index (χ1) is 9.40. The van der Waals surface area contributed by atoms with Crippen LogP contribution in [0, 0.1) is 0 Å². The monoisotopic (exact) mass is 257 g/mol. The molecule has 6 nitrogen and oxygen atoms in total. The number of benzene rings is 1. The number of carbonyl (C=O) groups excluding carboxylic acids is 1. The summed E-state index contributed by atoms with van der Waals surface area (Å²) in [5.74, 6) is 0.642. The van der Waals surface area contributed by atoms with E-state index in [4.69, 9.17) is 0 Å². The van der Waals surface area contributed by atoms with Crippen LogP contribution in [0.15, 0.2) is 30.3 Å². The first kappa shape index (κ1) is 11.8. The van der Waals surface area contributed by atoms with Crippen LogP contribution in [0.1, 0.15) is 19.3 Å². The third-order valence-corrected chi connectivity index (χ3v) is 3.42. The number of aromatic nitrogens is 4. The summed E-state index contributed by atoms with van der Waals surface area (Å²) >= 11 is 0. The number of tetrazole rings is 1. The number of carbonyl (C=O) groups is 1. The Bertz CT molecular complexity index is 553. The Balaban J connectivity index is 1.97. The number of para-hydroxylation sites is 1. The minimum Gasteiger partial charge on any atom is -0.330 e. The molecule has 0 bridgehead atoms. The van der Waals surface area contributed by atoms with Crippen molar-refractivity contribution in [3.05, 3.63) is 30.3 Å². The number of hydrogen-bond acceptors (Lipinski definition) is 5. The molecule has 1 aliphatic heterocycles. The van der Waals surface area contributed by atoms with Crippen LogP contribution >= 0.6 is 0 Å². The second-order valence-electron chi connectivity index (χ2n) is 4.62. The van der Waals surface area contributed by atoms with Gasteiger partial charge in [0.1, 0.15) is 6.29 Å². The fourth-order valence-corrected chi connectivity index (χ4v) is 2.44. The standard InChI is InChI=1S/C13H15N5O/c19-10-12-8-4-5-9-17(12)13-14-15-16-18(13)11-6-2-1-3-7-11/h1-3,6-7,10,12H,4-5,8-9H2. The number of anilines is 1. The van der Waals surface area contributed by atoms with E-state index in [1.807, 2.05) is 35.2 Å². The van der Waals surface area contributed by atoms with Crippen LogP contribution in [0.4, 0.5) is 5.95 Å². The molecule has 98 valence electrons. The van der Waals surface area contributed by atoms with Gasteiger partial charge in [-0.2, -0.15) is 4.68 Å². The lowest BCUT2D eigenvalue weighted by Gasteiger charge is -2.32. The molecule has 0 radical (unpaired) electrons. The van der Waals surface area contributed by atoms with Gasteiger partial charge in [0.05, 0.1) is 11.7 Å². The molecule has 3 rings (SSSR count). The Morgan fingerprint density at radius 1 is 1.21 bits per heavy atom. The lowest BCUT2D eigenvalue weighted by molar-refractivity contribution is -0.109. The SMILES string of the molecule is O=CC1CCCCN1c1nnnn1-c1ccccc1. The van der Waals surface area contributed by atoms with E-state index >= 15 is 0 Å². The summed E-state index contributed by atoms with van der Waals surface area (Å²) < 4.78 is 1.68. The molecule has 1 atom stereocenters. The fraction of sp³-hybridized carbons (Fsp3) is 0.385. The van der Waals surface area contributed by atoms with E-state index in [0.29, 0.717) is 5.95 Å². The van der Waals surface area contributed by atoms with E-state index in [-0.39, 0.29) is 6.04 Å². The zero-order valence-electron chi connectivity index (χ0n) is 10.5. The minimum absolute atomic E-state index is 0.123. The second kappa shape index (κ2) is 5.17. The zero-order valence-corrected chi connectivity index (χ0v) is 10.5. The predicted molar refractivity (Wildman–Crippen MR) is 70.2 cm³/mol. The van der Waals surface area contributed by atoms with Gasteiger partial charge in [-0.1, -0.05) is 23.3 Å². The minimum atomic E-state index is -0.123. The van der Waals surface area contributed by atoms with Crippen molar-refractivity contribution in [1.29, 1.82) is 0 Å². The van der Waals surface area contributed by atoms with Crippen molar-refractivity contribution >= 4 is 12.2 Å². The second-order valence-corrected chi connectivity index (χ2v) is 4.62. The molecule has 1 aromatic heterocycles. The normalized spacial score (nSPS) is 19.4. The molecule has 0 amide bonds. The molecule has 0 aliphatic carbocycles. The molecule has 19 heavy (non-hydrogen) atoms. The highest BCUT2D eigenvalue weighted by molar-refractivity contribution is 5.64. The number of aldehydes is 1. The van der Waals surface area contributed by atoms with Crippen LogP contribution in [-0.2, 0) is 4.79 Å². The van der Waals surface area contributed by atoms with Crippen molar-refractivity contribution < 1.29 is 4.79 Å². The van der Waals surface area contributed by atoms with Crippen molar-refractivity contribution in [2.45, 2.75) is 25.3 Å². The van der Waals surface area contributed by atoms with E-state index < -0.39 is 0 Å². The maximum Gasteiger partial charge on any atom is 0.250 e. The summed E-state index contributed by atoms with van der Waals surface area (Å²) in [6.07, 6.45) is 3.99. The lowest BCUT2D eigenvalue weighted by Crippen LogP contribution is -2.42. The first-order valence-corrected chi connectivity index (χ1v) is 6.46. The largest absolute Gasteiger partial charge is 0.330 e. The highest BCUT2D eigenvalue weighted by Crippen LogP contribution is 2.23. The molecule has 6 heteroatoms. The molecule has 1 aromatic carbocycles. The molecule has 1 fully saturated rings. The molecule has 0 saturated carbocycles. The maximum atomic E-state index is 11.2. The van der Waals surface area contributed by atoms with Crippen LogP contribution in [0.2, 0.25) is 0 Å². The highest BCUT2D eigenvalue weighted by Gasteiger charge is 2.26. The number of piperidine rings is 1. The van der Waals surface area contributed by atoms with Gasteiger partial charge in [-0.25, -0.2) is 0 Å². The van der Waals surface area contributed by atoms with Gasteiger partial charge in [0.25, 0.3) is 5.95 Å². The van der Waals surface area contributed by atoms with Crippen molar-refractivity contribution in [3.63, 3.8) is 0 Å². The number of rotatable bonds is 3. The lowest BCUT2D eigenvalue weighted by atomic mass is 10.0. The summed E-state index contributed by atoms with van der Waals surface area (Å²) in [5.41, 5.74) is 0.901. The van der Waals surface area contributed by atoms with Gasteiger partial charge in [0.2, 0.25) is 0 Å². The van der Waals surface area contributed by atoms with Gasteiger partial charge >= 0.3 is 0 Å². The Hall–Kier alpha value is -2.24. The zero-order chi connectivity index (χ0) is 13.1. The van der Waals surface area contributed by atoms with Gasteiger partial charge < -0.3 is 9.69 Å². The molecule has 0 spiro atoms. The number of nitrogens with zero attached hydrogens (tertiary/aromatic N) is 5. The highest BCUT2D eigenvalue weighted by atomic mass is 16.1. The van der Waals surface area contributed by atoms with E-state index in [1.54, 1.807) is 4.68 Å². The summed E-state index contributed by atoms with van der Waals surface area (Å²) in [7, 11) is 0. The molecule has 2 heterocycles. The molecule has 0 N–H and O–H groups in total. The van der Waals surface area contributed by atoms with Gasteiger partial charge in [-0.3, -0.25) is 0 Å². The van der Waals surface area contributed by atoms with E-state index in [9.17, 15) is 4.79 Å². The number of hydrogen-bond donors (Lipinski definition) is 0. The van der Waals surface area contributed by atoms with E-state index in [0.717, 1.165) is 37.8 Å². The molecular weight excluding hydrogens is 242 g/mol. The molecule has 2 aromatic rings. The first-order valence-electron chi connectivity index (χ1n) is 6.46. The molecule has 1 saturated heterocycles. The van der Waals surface area contributed by atoms with Crippen LogP contribution in [0.5, 0.6) is 0 Å². The third-order valence-electron chi connectivity index (χ3n) is 3.42. The molecular formula is C13H15N5O. The van der Waals surface area contributed by atoms with Crippen molar-refractivity contribution in [2.75, 3.05) is 11.4 Å². The van der Waals surface area contributed by atoms with Crippen molar-refractivity contribution in [1.82, 2.24) is 20.2 Å². The fourth-order valence-electron chi connectivity index (χ4n) is 2.44. The summed E-state index contributed by atoms with van der Waals surface area (Å²) in [6, 6.07) is 9.59. The van der Waals surface area contributed by atoms with Crippen LogP contribution in [0.25, 0.3) is 5.69 Å². The van der Waals surface area contributed by atoms with E-state index in [1.165, 1.54) is 0 Å².